The van der Waals surface area contributed by atoms with Crippen LogP contribution in [-0.4, -0.2) is 35.5 Å². The summed E-state index contributed by atoms with van der Waals surface area (Å²) in [6.07, 6.45) is -4.81. The Morgan fingerprint density at radius 1 is 1.29 bits per heavy atom. The van der Waals surface area contributed by atoms with Crippen LogP contribution in [0, 0.1) is 6.07 Å². The van der Waals surface area contributed by atoms with E-state index in [4.69, 9.17) is 4.74 Å². The van der Waals surface area contributed by atoms with E-state index in [1.807, 2.05) is 0 Å². The molecule has 0 aliphatic rings. The maximum absolute atomic E-state index is 11.9. The standard InChI is InChI=1S/C10H10F3O2.BrH.Mg/c1-7(2)14-8-4-3-5-9(6-8)15-10(11,12)13;;/h3,5-7H,1-2H3;1H;/q-1;;+2/p-1. The van der Waals surface area contributed by atoms with Gasteiger partial charge in [-0.1, -0.05) is 6.07 Å². The molecule has 0 aromatic heterocycles. The second kappa shape index (κ2) is 8.05. The topological polar surface area (TPSA) is 18.5 Å². The molecule has 0 fully saturated rings. The van der Waals surface area contributed by atoms with E-state index in [9.17, 15) is 13.2 Å². The number of rotatable bonds is 3. The van der Waals surface area contributed by atoms with E-state index in [2.05, 4.69) is 10.8 Å². The van der Waals surface area contributed by atoms with Gasteiger partial charge in [-0.3, -0.25) is 0 Å². The van der Waals surface area contributed by atoms with Crippen molar-refractivity contribution in [3.05, 3.63) is 24.3 Å². The molecule has 7 heteroatoms. The summed E-state index contributed by atoms with van der Waals surface area (Å²) in [5.41, 5.74) is 0. The first-order valence-corrected chi connectivity index (χ1v) is 4.31. The largest absolute Gasteiger partial charge is 2.00 e. The molecule has 0 saturated carbocycles. The van der Waals surface area contributed by atoms with Crippen molar-refractivity contribution >= 4 is 23.1 Å². The van der Waals surface area contributed by atoms with Gasteiger partial charge in [-0.05, 0) is 13.8 Å². The molecule has 0 saturated heterocycles. The first-order chi connectivity index (χ1) is 6.87. The fraction of sp³-hybridized carbons (Fsp3) is 0.400. The van der Waals surface area contributed by atoms with Gasteiger partial charge in [0.2, 0.25) is 0 Å². The van der Waals surface area contributed by atoms with Crippen LogP contribution in [0.25, 0.3) is 0 Å². The number of ether oxygens (including phenoxy) is 2. The van der Waals surface area contributed by atoms with Gasteiger partial charge in [0.1, 0.15) is 0 Å². The smallest absolute Gasteiger partial charge is 1.00 e. The van der Waals surface area contributed by atoms with Crippen LogP contribution >= 0.6 is 0 Å². The number of hydrogen-bond acceptors (Lipinski definition) is 2. The Kier molecular flexibility index (Phi) is 9.09. The molecule has 2 nitrogen and oxygen atoms in total. The Morgan fingerprint density at radius 3 is 2.35 bits per heavy atom. The molecule has 1 rings (SSSR count). The van der Waals surface area contributed by atoms with E-state index >= 15 is 0 Å². The molecular formula is C10H10BrF3MgO2. The Morgan fingerprint density at radius 2 is 1.88 bits per heavy atom. The molecule has 0 aliphatic heterocycles. The zero-order valence-electron chi connectivity index (χ0n) is 9.34. The number of hydrogen-bond donors (Lipinski definition) is 0. The molecule has 17 heavy (non-hydrogen) atoms. The molecule has 0 atom stereocenters. The summed E-state index contributed by atoms with van der Waals surface area (Å²) >= 11 is 0. The Hall–Kier alpha value is -0.144. The van der Waals surface area contributed by atoms with Crippen LogP contribution in [0.4, 0.5) is 13.2 Å². The van der Waals surface area contributed by atoms with Gasteiger partial charge in [-0.25, -0.2) is 0 Å². The van der Waals surface area contributed by atoms with Crippen LogP contribution in [0.3, 0.4) is 0 Å². The van der Waals surface area contributed by atoms with Crippen molar-refractivity contribution in [2.75, 3.05) is 0 Å². The van der Waals surface area contributed by atoms with Crippen molar-refractivity contribution in [1.82, 2.24) is 0 Å². The zero-order chi connectivity index (χ0) is 11.5. The molecule has 1 aromatic carbocycles. The van der Waals surface area contributed by atoms with Gasteiger partial charge in [0.05, 0.1) is 6.10 Å². The van der Waals surface area contributed by atoms with E-state index in [1.165, 1.54) is 12.1 Å². The number of halogens is 4. The monoisotopic (exact) mass is 322 g/mol. The second-order valence-corrected chi connectivity index (χ2v) is 3.10. The predicted octanol–water partition coefficient (Wildman–Crippen LogP) is -0.204. The van der Waals surface area contributed by atoms with Gasteiger partial charge < -0.3 is 26.5 Å². The van der Waals surface area contributed by atoms with Crippen molar-refractivity contribution in [2.45, 2.75) is 26.3 Å². The van der Waals surface area contributed by atoms with Crippen LogP contribution in [0.15, 0.2) is 18.2 Å². The van der Waals surface area contributed by atoms with Crippen molar-refractivity contribution in [3.63, 3.8) is 0 Å². The van der Waals surface area contributed by atoms with E-state index in [-0.39, 0.29) is 57.6 Å². The molecule has 1 aromatic rings. The number of benzene rings is 1. The fourth-order valence-corrected chi connectivity index (χ4v) is 0.944. The summed E-state index contributed by atoms with van der Waals surface area (Å²) in [6, 6.07) is 6.29. The summed E-state index contributed by atoms with van der Waals surface area (Å²) in [4.78, 5) is 0. The van der Waals surface area contributed by atoms with Crippen molar-refractivity contribution < 1.29 is 39.6 Å². The molecule has 0 bridgehead atoms. The van der Waals surface area contributed by atoms with Gasteiger partial charge in [0, 0.05) is 11.5 Å². The van der Waals surface area contributed by atoms with Crippen molar-refractivity contribution in [1.29, 1.82) is 0 Å². The third-order valence-electron chi connectivity index (χ3n) is 1.34. The van der Waals surface area contributed by atoms with E-state index in [0.29, 0.717) is 0 Å². The first-order valence-electron chi connectivity index (χ1n) is 4.31. The van der Waals surface area contributed by atoms with Gasteiger partial charge in [-0.2, -0.15) is 6.07 Å². The third kappa shape index (κ3) is 8.56. The molecule has 0 N–H and O–H groups in total. The van der Waals surface area contributed by atoms with Crippen LogP contribution in [-0.2, 0) is 0 Å². The van der Waals surface area contributed by atoms with Gasteiger partial charge in [-0.15, -0.1) is 25.3 Å². The normalized spacial score (nSPS) is 10.2. The summed E-state index contributed by atoms with van der Waals surface area (Å²) in [5.74, 6) is -0.0800. The molecular weight excluding hydrogens is 313 g/mol. The maximum atomic E-state index is 11.9. The summed E-state index contributed by atoms with van der Waals surface area (Å²) in [7, 11) is 0. The molecule has 0 amide bonds. The van der Waals surface area contributed by atoms with Crippen LogP contribution < -0.4 is 26.5 Å². The van der Waals surface area contributed by atoms with Gasteiger partial charge >= 0.3 is 29.4 Å². The van der Waals surface area contributed by atoms with E-state index in [1.54, 1.807) is 13.8 Å². The minimum absolute atomic E-state index is 0. The maximum Gasteiger partial charge on any atom is 2.00 e. The molecule has 0 spiro atoms. The van der Waals surface area contributed by atoms with Crippen LogP contribution in [0.1, 0.15) is 13.8 Å². The molecule has 0 radical (unpaired) electrons. The van der Waals surface area contributed by atoms with Crippen molar-refractivity contribution in [2.24, 2.45) is 0 Å². The van der Waals surface area contributed by atoms with Gasteiger partial charge in [0.25, 0.3) is 0 Å². The predicted molar refractivity (Wildman–Crippen MR) is 53.5 cm³/mol. The van der Waals surface area contributed by atoms with E-state index in [0.717, 1.165) is 6.07 Å². The average Bonchev–Trinajstić information content (AvgIpc) is 1.99. The summed E-state index contributed by atoms with van der Waals surface area (Å²) in [6.45, 7) is 3.54. The van der Waals surface area contributed by atoms with Crippen LogP contribution in [0.2, 0.25) is 0 Å². The first kappa shape index (κ1) is 19.2. The quantitative estimate of drug-likeness (QED) is 0.566. The molecule has 0 unspecified atom stereocenters. The summed E-state index contributed by atoms with van der Waals surface area (Å²) in [5, 5.41) is 0. The number of alkyl halides is 3. The minimum atomic E-state index is -4.68. The van der Waals surface area contributed by atoms with Crippen molar-refractivity contribution in [3.8, 4) is 11.5 Å². The minimum Gasteiger partial charge on any atom is -1.00 e. The fourth-order valence-electron chi connectivity index (χ4n) is 0.944. The molecule has 92 valence electrons. The average molecular weight is 323 g/mol. The SMILES string of the molecule is CC(C)Oc1[c-]ccc(OC(F)(F)F)c1.[Br-].[Mg+2]. The summed E-state index contributed by atoms with van der Waals surface area (Å²) < 4.78 is 44.5. The van der Waals surface area contributed by atoms with E-state index < -0.39 is 6.36 Å². The molecule has 0 aliphatic carbocycles. The van der Waals surface area contributed by atoms with Crippen LogP contribution in [0.5, 0.6) is 11.5 Å². The zero-order valence-corrected chi connectivity index (χ0v) is 12.3. The second-order valence-electron chi connectivity index (χ2n) is 3.10. The Balaban J connectivity index is 0. The Bertz CT molecular complexity index is 332. The third-order valence-corrected chi connectivity index (χ3v) is 1.34. The Labute approximate surface area is 124 Å². The van der Waals surface area contributed by atoms with Gasteiger partial charge in [0.15, 0.2) is 0 Å². The molecule has 0 heterocycles.